The summed E-state index contributed by atoms with van der Waals surface area (Å²) in [5, 5.41) is 1.88. The first kappa shape index (κ1) is 29.9. The Balaban J connectivity index is 1.82. The fourth-order valence-corrected chi connectivity index (χ4v) is 11.2. The molecule has 5 rings (SSSR count). The number of esters is 1. The number of nitrogens with zero attached hydrogens (tertiary/aromatic N) is 1. The molecule has 2 atom stereocenters. The number of β-lactam (4-membered cyclic amide) rings is 1. The topological polar surface area (TPSA) is 72.9 Å². The van der Waals surface area contributed by atoms with Crippen molar-refractivity contribution in [3.05, 3.63) is 121 Å². The van der Waals surface area contributed by atoms with E-state index in [0.717, 1.165) is 33.2 Å². The second kappa shape index (κ2) is 13.2. The molecule has 214 valence electrons. The van der Waals surface area contributed by atoms with Gasteiger partial charge in [-0.3, -0.25) is 14.5 Å². The number of benzene rings is 4. The minimum Gasteiger partial charge on any atom is -0.497 e. The Morgan fingerprint density at radius 2 is 1.29 bits per heavy atom. The molecule has 2 unspecified atom stereocenters. The van der Waals surface area contributed by atoms with Gasteiger partial charge < -0.3 is 9.47 Å². The molecule has 0 aliphatic carbocycles. The molecule has 9 heteroatoms. The average Bonchev–Trinajstić information content (AvgIpc) is 3.04. The fourth-order valence-electron chi connectivity index (χ4n) is 5.04. The molecule has 0 radical (unpaired) electrons. The van der Waals surface area contributed by atoms with E-state index in [9.17, 15) is 14.4 Å². The maximum Gasteiger partial charge on any atom is 0.356 e. The standard InChI is InChI=1S/C33H29BrNO5PS/c1-23(36)42-32-29(34)30(37)35(32)31(33(38)40-22-24-18-20-25(39-2)21-19-24)41(26-12-6-3-7-13-26,27-14-8-4-9-15-27)28-16-10-5-11-17-28/h3-21,29,32H,22H2,1-2H3. The number of carbonyl (C=O) groups is 3. The number of carbonyl (C=O) groups excluding carboxylic acids is 3. The number of hydrogen-bond acceptors (Lipinski definition) is 6. The van der Waals surface area contributed by atoms with Crippen LogP contribution in [0, 0.1) is 0 Å². The predicted octanol–water partition coefficient (Wildman–Crippen LogP) is 5.07. The van der Waals surface area contributed by atoms with E-state index >= 15 is 0 Å². The molecule has 0 spiro atoms. The van der Waals surface area contributed by atoms with E-state index in [4.69, 9.17) is 9.47 Å². The van der Waals surface area contributed by atoms with Gasteiger partial charge in [-0.05, 0) is 33.6 Å². The monoisotopic (exact) mass is 661 g/mol. The highest BCUT2D eigenvalue weighted by molar-refractivity contribution is 9.10. The third kappa shape index (κ3) is 5.71. The molecule has 1 fully saturated rings. The van der Waals surface area contributed by atoms with Crippen LogP contribution < -0.4 is 20.7 Å². The summed E-state index contributed by atoms with van der Waals surface area (Å²) in [6.45, 7) is -1.58. The van der Waals surface area contributed by atoms with Gasteiger partial charge >= 0.3 is 5.97 Å². The van der Waals surface area contributed by atoms with Gasteiger partial charge in [0.25, 0.3) is 0 Å². The lowest BCUT2D eigenvalue weighted by Crippen LogP contribution is -2.65. The molecule has 0 saturated carbocycles. The van der Waals surface area contributed by atoms with Crippen molar-refractivity contribution in [2.75, 3.05) is 7.11 Å². The Morgan fingerprint density at radius 3 is 1.71 bits per heavy atom. The number of likely N-dealkylation sites (tertiary alicyclic amines) is 1. The molecule has 42 heavy (non-hydrogen) atoms. The Kier molecular flexibility index (Phi) is 9.37. The Labute approximate surface area is 258 Å². The number of rotatable bonds is 9. The molecule has 4 aromatic carbocycles. The van der Waals surface area contributed by atoms with Crippen LogP contribution in [0.2, 0.25) is 0 Å². The fraction of sp³-hybridized carbons (Fsp3) is 0.152. The number of alkyl halides is 1. The number of amides is 1. The molecule has 1 aliphatic rings. The van der Waals surface area contributed by atoms with Crippen LogP contribution in [0.4, 0.5) is 0 Å². The zero-order chi connectivity index (χ0) is 29.7. The third-order valence-electron chi connectivity index (χ3n) is 6.95. The van der Waals surface area contributed by atoms with Crippen molar-refractivity contribution < 1.29 is 23.9 Å². The van der Waals surface area contributed by atoms with E-state index in [1.54, 1.807) is 19.2 Å². The maximum atomic E-state index is 14.6. The van der Waals surface area contributed by atoms with Crippen LogP contribution in [-0.2, 0) is 25.7 Å². The van der Waals surface area contributed by atoms with Crippen LogP contribution in [-0.4, -0.2) is 44.6 Å². The zero-order valence-corrected chi connectivity index (χ0v) is 26.4. The van der Waals surface area contributed by atoms with Gasteiger partial charge in [0.1, 0.15) is 28.0 Å². The van der Waals surface area contributed by atoms with E-state index in [2.05, 4.69) is 15.9 Å². The van der Waals surface area contributed by atoms with Crippen LogP contribution in [0.5, 0.6) is 5.75 Å². The summed E-state index contributed by atoms with van der Waals surface area (Å²) in [5.41, 5.74) is 1.01. The molecule has 1 heterocycles. The molecular formula is C33H29BrNO5PS. The van der Waals surface area contributed by atoms with Crippen molar-refractivity contribution in [3.63, 3.8) is 0 Å². The van der Waals surface area contributed by atoms with Crippen LogP contribution in [0.25, 0.3) is 0 Å². The van der Waals surface area contributed by atoms with Crippen molar-refractivity contribution in [2.45, 2.75) is 23.7 Å². The lowest BCUT2D eigenvalue weighted by molar-refractivity contribution is -0.142. The number of hydrogen-bond donors (Lipinski definition) is 0. The number of thioether (sulfide) groups is 1. The highest BCUT2D eigenvalue weighted by Gasteiger charge is 2.53. The summed E-state index contributed by atoms with van der Waals surface area (Å²) < 4.78 is 11.3. The number of methoxy groups -OCH3 is 1. The molecule has 1 amide bonds. The highest BCUT2D eigenvalue weighted by atomic mass is 79.9. The molecule has 6 nitrogen and oxygen atoms in total. The van der Waals surface area contributed by atoms with Gasteiger partial charge in [-0.15, -0.1) is 0 Å². The number of ether oxygens (including phenoxy) is 2. The van der Waals surface area contributed by atoms with E-state index in [1.807, 2.05) is 103 Å². The van der Waals surface area contributed by atoms with Crippen molar-refractivity contribution in [3.8, 4) is 5.75 Å². The van der Waals surface area contributed by atoms with Gasteiger partial charge in [-0.1, -0.05) is 131 Å². The second-order valence-corrected chi connectivity index (χ2v) is 15.1. The van der Waals surface area contributed by atoms with E-state index in [-0.39, 0.29) is 23.0 Å². The predicted molar refractivity (Wildman–Crippen MR) is 175 cm³/mol. The molecule has 0 N–H and O–H groups in total. The van der Waals surface area contributed by atoms with E-state index in [0.29, 0.717) is 5.75 Å². The largest absolute Gasteiger partial charge is 0.497 e. The van der Waals surface area contributed by atoms with Crippen molar-refractivity contribution in [1.29, 1.82) is 0 Å². The molecule has 0 bridgehead atoms. The number of halogens is 1. The third-order valence-corrected chi connectivity index (χ3v) is 13.5. The molecular weight excluding hydrogens is 633 g/mol. The first-order valence-corrected chi connectivity index (χ1v) is 16.8. The van der Waals surface area contributed by atoms with Crippen molar-refractivity contribution in [1.82, 2.24) is 4.90 Å². The highest BCUT2D eigenvalue weighted by Crippen LogP contribution is 2.50. The van der Waals surface area contributed by atoms with Crippen molar-refractivity contribution >= 4 is 72.9 Å². The normalized spacial score (nSPS) is 16.4. The van der Waals surface area contributed by atoms with Crippen LogP contribution in [0.1, 0.15) is 12.5 Å². The first-order valence-electron chi connectivity index (χ1n) is 13.3. The summed E-state index contributed by atoms with van der Waals surface area (Å²) in [4.78, 5) is 41.5. The summed E-state index contributed by atoms with van der Waals surface area (Å²) in [7, 11) is 1.59. The van der Waals surface area contributed by atoms with Crippen LogP contribution in [0.15, 0.2) is 115 Å². The lowest BCUT2D eigenvalue weighted by atomic mass is 10.2. The first-order chi connectivity index (χ1) is 20.4. The van der Waals surface area contributed by atoms with E-state index < -0.39 is 23.1 Å². The van der Waals surface area contributed by atoms with Crippen LogP contribution in [0.3, 0.4) is 0 Å². The Morgan fingerprint density at radius 1 is 0.810 bits per heavy atom. The Hall–Kier alpha value is -3.58. The quantitative estimate of drug-likeness (QED) is 0.108. The smallest absolute Gasteiger partial charge is 0.356 e. The van der Waals surface area contributed by atoms with Gasteiger partial charge in [-0.25, -0.2) is 4.79 Å². The van der Waals surface area contributed by atoms with Gasteiger partial charge in [-0.2, -0.15) is 0 Å². The summed E-state index contributed by atoms with van der Waals surface area (Å²) in [5.74, 6) is -0.215. The second-order valence-electron chi connectivity index (χ2n) is 9.54. The van der Waals surface area contributed by atoms with Gasteiger partial charge in [0.15, 0.2) is 5.12 Å². The SMILES string of the molecule is COc1ccc(COC(=O)C(N2C(=O)C(Br)C2SC(C)=O)=P(c2ccccc2)(c2ccccc2)c2ccccc2)cc1. The minimum atomic E-state index is -3.04. The Bertz CT molecular complexity index is 1530. The van der Waals surface area contributed by atoms with Gasteiger partial charge in [0, 0.05) is 13.8 Å². The maximum absolute atomic E-state index is 14.6. The molecule has 1 aliphatic heterocycles. The zero-order valence-electron chi connectivity index (χ0n) is 23.1. The average molecular weight is 663 g/mol. The van der Waals surface area contributed by atoms with E-state index in [1.165, 1.54) is 11.8 Å². The minimum absolute atomic E-state index is 0.00497. The van der Waals surface area contributed by atoms with Crippen molar-refractivity contribution in [2.24, 2.45) is 0 Å². The molecule has 0 aromatic heterocycles. The molecule has 4 aromatic rings. The van der Waals surface area contributed by atoms with Gasteiger partial charge in [0.2, 0.25) is 5.91 Å². The van der Waals surface area contributed by atoms with Crippen LogP contribution >= 0.6 is 34.6 Å². The summed E-state index contributed by atoms with van der Waals surface area (Å²) in [6, 6.07) is 36.6. The summed E-state index contributed by atoms with van der Waals surface area (Å²) >= 11 is 4.50. The van der Waals surface area contributed by atoms with Gasteiger partial charge in [0.05, 0.1) is 7.11 Å². The molecule has 1 saturated heterocycles. The lowest BCUT2D eigenvalue weighted by Gasteiger charge is -2.47. The summed E-state index contributed by atoms with van der Waals surface area (Å²) in [6.07, 6.45) is 0.